The molecule has 1 aliphatic rings. The van der Waals surface area contributed by atoms with E-state index in [1.165, 1.54) is 32.9 Å². The van der Waals surface area contributed by atoms with Gasteiger partial charge in [-0.25, -0.2) is 0 Å². The summed E-state index contributed by atoms with van der Waals surface area (Å²) in [6.45, 7) is 6.66. The first kappa shape index (κ1) is 17.0. The van der Waals surface area contributed by atoms with Crippen molar-refractivity contribution in [1.29, 1.82) is 0 Å². The van der Waals surface area contributed by atoms with Crippen LogP contribution in [0.3, 0.4) is 0 Å². The molecule has 3 rings (SSSR count). The Balaban J connectivity index is 0.00000176. The average molecular weight is 332 g/mol. The highest BCUT2D eigenvalue weighted by molar-refractivity contribution is 7.10. The van der Waals surface area contributed by atoms with Gasteiger partial charge in [-0.3, -0.25) is 4.99 Å². The minimum Gasteiger partial charge on any atom is -0.265 e. The second-order valence-corrected chi connectivity index (χ2v) is 6.58. The van der Waals surface area contributed by atoms with Crippen molar-refractivity contribution >= 4 is 35.0 Å². The lowest BCUT2D eigenvalue weighted by atomic mass is 9.84. The Morgan fingerprint density at radius 2 is 1.91 bits per heavy atom. The Kier molecular flexibility index (Phi) is 5.60. The van der Waals surface area contributed by atoms with Crippen molar-refractivity contribution in [3.63, 3.8) is 0 Å². The molecule has 0 fully saturated rings. The lowest BCUT2D eigenvalue weighted by molar-refractivity contribution is 0.888. The van der Waals surface area contributed by atoms with Gasteiger partial charge in [0.1, 0.15) is 0 Å². The standard InChI is InChI=1S/C19H21NS.ClH/c1-4-16-10-17(19-14(3)13(2)12-21-19)18(11-20-16)15-8-6-5-7-9-15;/h5-9,11-12,17H,4,10H2,1-3H3;1H. The van der Waals surface area contributed by atoms with E-state index in [1.54, 1.807) is 0 Å². The van der Waals surface area contributed by atoms with Gasteiger partial charge < -0.3 is 0 Å². The highest BCUT2D eigenvalue weighted by Crippen LogP contribution is 2.42. The third kappa shape index (κ3) is 3.18. The number of aryl methyl sites for hydroxylation is 1. The van der Waals surface area contributed by atoms with Gasteiger partial charge in [-0.2, -0.15) is 0 Å². The Morgan fingerprint density at radius 3 is 2.50 bits per heavy atom. The van der Waals surface area contributed by atoms with Crippen LogP contribution in [-0.4, -0.2) is 5.71 Å². The van der Waals surface area contributed by atoms with Gasteiger partial charge in [0.05, 0.1) is 0 Å². The van der Waals surface area contributed by atoms with Crippen LogP contribution >= 0.6 is 23.7 Å². The predicted octanol–water partition coefficient (Wildman–Crippen LogP) is 6.17. The van der Waals surface area contributed by atoms with E-state index in [-0.39, 0.29) is 12.4 Å². The van der Waals surface area contributed by atoms with Gasteiger partial charge in [-0.1, -0.05) is 37.3 Å². The molecule has 0 saturated carbocycles. The first-order valence-corrected chi connectivity index (χ1v) is 8.44. The summed E-state index contributed by atoms with van der Waals surface area (Å²) in [6.07, 6.45) is 4.19. The Morgan fingerprint density at radius 1 is 1.18 bits per heavy atom. The quantitative estimate of drug-likeness (QED) is 0.638. The molecule has 1 aromatic heterocycles. The van der Waals surface area contributed by atoms with Crippen molar-refractivity contribution in [2.24, 2.45) is 4.99 Å². The Labute approximate surface area is 143 Å². The van der Waals surface area contributed by atoms with Crippen LogP contribution in [0.15, 0.2) is 46.9 Å². The fourth-order valence-electron chi connectivity index (χ4n) is 2.89. The monoisotopic (exact) mass is 331 g/mol. The number of rotatable bonds is 3. The van der Waals surface area contributed by atoms with E-state index in [2.05, 4.69) is 67.7 Å². The number of hydrogen-bond acceptors (Lipinski definition) is 2. The number of aliphatic imine (C=N–C) groups is 1. The highest BCUT2D eigenvalue weighted by Gasteiger charge is 2.25. The van der Waals surface area contributed by atoms with Crippen LogP contribution in [0.25, 0.3) is 5.57 Å². The molecule has 3 heteroatoms. The van der Waals surface area contributed by atoms with Crippen molar-refractivity contribution in [3.8, 4) is 0 Å². The molecule has 1 aromatic carbocycles. The second kappa shape index (κ2) is 7.26. The van der Waals surface area contributed by atoms with Crippen molar-refractivity contribution in [2.75, 3.05) is 0 Å². The number of halogens is 1. The zero-order chi connectivity index (χ0) is 14.8. The van der Waals surface area contributed by atoms with Crippen LogP contribution in [0.2, 0.25) is 0 Å². The number of benzene rings is 1. The van der Waals surface area contributed by atoms with E-state index < -0.39 is 0 Å². The summed E-state index contributed by atoms with van der Waals surface area (Å²) >= 11 is 1.90. The predicted molar refractivity (Wildman–Crippen MR) is 101 cm³/mol. The first-order valence-electron chi connectivity index (χ1n) is 7.56. The topological polar surface area (TPSA) is 12.4 Å². The molecule has 0 radical (unpaired) electrons. The van der Waals surface area contributed by atoms with Gasteiger partial charge in [0.2, 0.25) is 0 Å². The number of thiophene rings is 1. The van der Waals surface area contributed by atoms with Crippen LogP contribution in [0.1, 0.15) is 47.3 Å². The summed E-state index contributed by atoms with van der Waals surface area (Å²) in [4.78, 5) is 6.18. The highest BCUT2D eigenvalue weighted by atomic mass is 35.5. The largest absolute Gasteiger partial charge is 0.265 e. The van der Waals surface area contributed by atoms with E-state index in [0.29, 0.717) is 5.92 Å². The third-order valence-electron chi connectivity index (χ3n) is 4.36. The fourth-order valence-corrected chi connectivity index (χ4v) is 4.08. The molecule has 1 aliphatic heterocycles. The van der Waals surface area contributed by atoms with Crippen LogP contribution < -0.4 is 0 Å². The smallest absolute Gasteiger partial charge is 0.0311 e. The van der Waals surface area contributed by atoms with E-state index in [4.69, 9.17) is 0 Å². The SMILES string of the molecule is CCC1=NC=C(c2ccccc2)C(c2scc(C)c2C)C1.Cl. The second-order valence-electron chi connectivity index (χ2n) is 5.66. The average Bonchev–Trinajstić information content (AvgIpc) is 2.87. The van der Waals surface area contributed by atoms with Crippen molar-refractivity contribution < 1.29 is 0 Å². The summed E-state index contributed by atoms with van der Waals surface area (Å²) < 4.78 is 0. The molecule has 1 nitrogen and oxygen atoms in total. The zero-order valence-corrected chi connectivity index (χ0v) is 14.9. The van der Waals surface area contributed by atoms with Crippen molar-refractivity contribution in [1.82, 2.24) is 0 Å². The minimum absolute atomic E-state index is 0. The molecule has 0 bridgehead atoms. The third-order valence-corrected chi connectivity index (χ3v) is 5.67. The van der Waals surface area contributed by atoms with Crippen LogP contribution in [0.4, 0.5) is 0 Å². The van der Waals surface area contributed by atoms with Gasteiger partial charge in [0, 0.05) is 22.7 Å². The summed E-state index contributed by atoms with van der Waals surface area (Å²) in [5.41, 5.74) is 6.82. The van der Waals surface area contributed by atoms with Crippen LogP contribution in [-0.2, 0) is 0 Å². The van der Waals surface area contributed by atoms with E-state index in [1.807, 2.05) is 11.3 Å². The molecule has 22 heavy (non-hydrogen) atoms. The van der Waals surface area contributed by atoms with Gasteiger partial charge >= 0.3 is 0 Å². The maximum absolute atomic E-state index is 4.68. The zero-order valence-electron chi connectivity index (χ0n) is 13.3. The molecular weight excluding hydrogens is 310 g/mol. The molecule has 0 aliphatic carbocycles. The van der Waals surface area contributed by atoms with Crippen LogP contribution in [0.5, 0.6) is 0 Å². The number of nitrogens with zero attached hydrogens (tertiary/aromatic N) is 1. The molecule has 0 spiro atoms. The molecule has 0 saturated heterocycles. The van der Waals surface area contributed by atoms with Gasteiger partial charge in [0.15, 0.2) is 0 Å². The van der Waals surface area contributed by atoms with Gasteiger partial charge in [-0.15, -0.1) is 23.7 Å². The maximum atomic E-state index is 4.68. The number of allylic oxidation sites excluding steroid dienone is 1. The first-order chi connectivity index (χ1) is 10.2. The maximum Gasteiger partial charge on any atom is 0.0311 e. The summed E-state index contributed by atoms with van der Waals surface area (Å²) in [5.74, 6) is 0.457. The lowest BCUT2D eigenvalue weighted by Crippen LogP contribution is -2.12. The normalized spacial score (nSPS) is 17.5. The van der Waals surface area contributed by atoms with Gasteiger partial charge in [0.25, 0.3) is 0 Å². The summed E-state index contributed by atoms with van der Waals surface area (Å²) in [5, 5.41) is 2.28. The Bertz CT molecular complexity index is 697. The van der Waals surface area contributed by atoms with E-state index in [0.717, 1.165) is 12.8 Å². The molecule has 0 amide bonds. The van der Waals surface area contributed by atoms with Crippen molar-refractivity contribution in [2.45, 2.75) is 39.5 Å². The molecule has 0 N–H and O–H groups in total. The van der Waals surface area contributed by atoms with Gasteiger partial charge in [-0.05, 0) is 54.3 Å². The molecule has 2 heterocycles. The minimum atomic E-state index is 0. The van der Waals surface area contributed by atoms with Crippen LogP contribution in [0, 0.1) is 13.8 Å². The molecular formula is C19H22ClNS. The molecule has 2 aromatic rings. The lowest BCUT2D eigenvalue weighted by Gasteiger charge is -2.24. The molecule has 1 unspecified atom stereocenters. The molecule has 116 valence electrons. The number of hydrogen-bond donors (Lipinski definition) is 0. The molecule has 1 atom stereocenters. The Hall–Kier alpha value is -1.38. The summed E-state index contributed by atoms with van der Waals surface area (Å²) in [7, 11) is 0. The summed E-state index contributed by atoms with van der Waals surface area (Å²) in [6, 6.07) is 10.7. The van der Waals surface area contributed by atoms with E-state index in [9.17, 15) is 0 Å². The fraction of sp³-hybridized carbons (Fsp3) is 0.316. The van der Waals surface area contributed by atoms with Crippen molar-refractivity contribution in [3.05, 3.63) is 63.5 Å². The van der Waals surface area contributed by atoms with E-state index >= 15 is 0 Å².